The molecule has 0 aliphatic carbocycles. The van der Waals surface area contributed by atoms with Crippen LogP contribution < -0.4 is 0 Å². The predicted octanol–water partition coefficient (Wildman–Crippen LogP) is -0.232. The van der Waals surface area contributed by atoms with E-state index in [2.05, 4.69) is 4.74 Å². The molecule has 0 saturated heterocycles. The van der Waals surface area contributed by atoms with E-state index in [0.717, 1.165) is 0 Å². The number of carbonyl (C=O) groups is 3. The van der Waals surface area contributed by atoms with E-state index < -0.39 is 19.9 Å². The molecule has 0 aliphatic heterocycles. The van der Waals surface area contributed by atoms with Gasteiger partial charge < -0.3 is 14.9 Å². The topological polar surface area (TPSA) is 101 Å². The lowest BCUT2D eigenvalue weighted by atomic mass is 10.8. The minimum atomic E-state index is -1.30. The Hall–Kier alpha value is -1.16. The van der Waals surface area contributed by atoms with Gasteiger partial charge in [0.05, 0.1) is 12.3 Å². The third kappa shape index (κ3) is 7.21. The smallest absolute Gasteiger partial charge is 0.307 e. The Labute approximate surface area is 75.3 Å². The van der Waals surface area contributed by atoms with Crippen molar-refractivity contribution in [2.75, 3.05) is 18.7 Å². The number of carboxylic acid groups (broad SMARTS) is 2. The molecule has 0 radical (unpaired) electrons. The van der Waals surface area contributed by atoms with Crippen LogP contribution >= 0.6 is 7.92 Å². The fraction of sp³-hybridized carbons (Fsp3) is 0.500. The fourth-order valence-electron chi connectivity index (χ4n) is 0.666. The van der Waals surface area contributed by atoms with Crippen LogP contribution in [-0.2, 0) is 19.1 Å². The first-order valence-electron chi connectivity index (χ1n) is 3.27. The monoisotopic (exact) mass is 208 g/mol. The van der Waals surface area contributed by atoms with E-state index in [0.29, 0.717) is 0 Å². The van der Waals surface area contributed by atoms with Gasteiger partial charge in [0.1, 0.15) is 6.35 Å². The second kappa shape index (κ2) is 6.37. The van der Waals surface area contributed by atoms with Crippen LogP contribution in [0.25, 0.3) is 0 Å². The van der Waals surface area contributed by atoms with Crippen LogP contribution in [0.15, 0.2) is 0 Å². The van der Waals surface area contributed by atoms with E-state index in [-0.39, 0.29) is 25.1 Å². The Morgan fingerprint density at radius 2 is 1.69 bits per heavy atom. The summed E-state index contributed by atoms with van der Waals surface area (Å²) in [5.74, 6) is -2.16. The van der Waals surface area contributed by atoms with Crippen LogP contribution in [0.1, 0.15) is 0 Å². The largest absolute Gasteiger partial charge is 0.481 e. The molecule has 6 nitrogen and oxygen atoms in total. The van der Waals surface area contributed by atoms with E-state index in [4.69, 9.17) is 10.2 Å². The van der Waals surface area contributed by atoms with Gasteiger partial charge in [-0.2, -0.15) is 0 Å². The summed E-state index contributed by atoms with van der Waals surface area (Å²) in [6.45, 7) is 0.180. The highest BCUT2D eigenvalue weighted by Gasteiger charge is 2.16. The number of aliphatic carboxylic acids is 2. The molecule has 0 heterocycles. The minimum absolute atomic E-state index is 0.114. The lowest BCUT2D eigenvalue weighted by Crippen LogP contribution is -2.11. The first kappa shape index (κ1) is 11.8. The Morgan fingerprint density at radius 3 is 2.00 bits per heavy atom. The van der Waals surface area contributed by atoms with Gasteiger partial charge in [-0.1, -0.05) is 0 Å². The predicted molar refractivity (Wildman–Crippen MR) is 43.9 cm³/mol. The molecule has 0 aromatic rings. The van der Waals surface area contributed by atoms with Crippen molar-refractivity contribution in [1.82, 2.24) is 0 Å². The van der Waals surface area contributed by atoms with Crippen LogP contribution in [0.5, 0.6) is 0 Å². The zero-order chi connectivity index (χ0) is 10.3. The zero-order valence-corrected chi connectivity index (χ0v) is 7.57. The van der Waals surface area contributed by atoms with Crippen molar-refractivity contribution < 1.29 is 29.3 Å². The fourth-order valence-corrected chi connectivity index (χ4v) is 2.00. The molecule has 0 saturated carbocycles. The summed E-state index contributed by atoms with van der Waals surface area (Å²) in [5.41, 5.74) is 0. The molecule has 0 rings (SSSR count). The van der Waals surface area contributed by atoms with Crippen LogP contribution in [-0.4, -0.2) is 47.3 Å². The quantitative estimate of drug-likeness (QED) is 0.442. The van der Waals surface area contributed by atoms with Gasteiger partial charge >= 0.3 is 11.9 Å². The molecule has 0 atom stereocenters. The molecule has 13 heavy (non-hydrogen) atoms. The summed E-state index contributed by atoms with van der Waals surface area (Å²) >= 11 is 0. The number of ether oxygens (including phenoxy) is 1. The van der Waals surface area contributed by atoms with E-state index in [1.54, 1.807) is 0 Å². The highest BCUT2D eigenvalue weighted by atomic mass is 31.1. The van der Waals surface area contributed by atoms with Crippen LogP contribution in [0.2, 0.25) is 0 Å². The number of carbonyl (C=O) groups excluding carboxylic acids is 1. The highest BCUT2D eigenvalue weighted by molar-refractivity contribution is 7.59. The van der Waals surface area contributed by atoms with Crippen molar-refractivity contribution in [3.63, 3.8) is 0 Å². The molecule has 0 spiro atoms. The first-order chi connectivity index (χ1) is 6.06. The summed E-state index contributed by atoms with van der Waals surface area (Å²) in [5, 5.41) is 16.8. The summed E-state index contributed by atoms with van der Waals surface area (Å²) in [6.07, 6.45) is -0.623. The zero-order valence-electron chi connectivity index (χ0n) is 6.67. The van der Waals surface area contributed by atoms with Gasteiger partial charge in [0.15, 0.2) is 0 Å². The SMILES string of the molecule is O=COCP(CC(=O)O)CC(=O)O. The van der Waals surface area contributed by atoms with Crippen molar-refractivity contribution in [3.8, 4) is 0 Å². The normalized spacial score (nSPS) is 9.62. The maximum Gasteiger partial charge on any atom is 0.307 e. The molecule has 0 amide bonds. The summed E-state index contributed by atoms with van der Waals surface area (Å²) in [4.78, 5) is 30.2. The molecular formula is C6H9O6P. The second-order valence-corrected chi connectivity index (χ2v) is 4.40. The molecule has 0 aromatic heterocycles. The van der Waals surface area contributed by atoms with Gasteiger partial charge in [-0.05, 0) is 7.92 Å². The molecule has 0 aliphatic rings. The van der Waals surface area contributed by atoms with E-state index in [1.165, 1.54) is 0 Å². The van der Waals surface area contributed by atoms with E-state index in [1.807, 2.05) is 0 Å². The molecule has 7 heteroatoms. The standard InChI is InChI=1S/C6H9O6P/c7-3-12-4-13(1-5(8)9)2-6(10)11/h3H,1-2,4H2,(H,8,9)(H,10,11). The Kier molecular flexibility index (Phi) is 5.80. The molecule has 74 valence electrons. The molecular weight excluding hydrogens is 199 g/mol. The average Bonchev–Trinajstić information content (AvgIpc) is 1.98. The summed E-state index contributed by atoms with van der Waals surface area (Å²) in [7, 11) is -1.30. The Bertz CT molecular complexity index is 187. The average molecular weight is 208 g/mol. The molecule has 0 fully saturated rings. The van der Waals surface area contributed by atoms with Gasteiger partial charge in [0.25, 0.3) is 6.47 Å². The molecule has 0 unspecified atom stereocenters. The van der Waals surface area contributed by atoms with Crippen molar-refractivity contribution in [2.24, 2.45) is 0 Å². The highest BCUT2D eigenvalue weighted by Crippen LogP contribution is 2.34. The second-order valence-electron chi connectivity index (χ2n) is 2.17. The maximum atomic E-state index is 10.2. The minimum Gasteiger partial charge on any atom is -0.481 e. The van der Waals surface area contributed by atoms with Crippen molar-refractivity contribution >= 4 is 26.3 Å². The number of carboxylic acids is 2. The van der Waals surface area contributed by atoms with Crippen molar-refractivity contribution in [3.05, 3.63) is 0 Å². The van der Waals surface area contributed by atoms with Crippen LogP contribution in [0, 0.1) is 0 Å². The van der Waals surface area contributed by atoms with Gasteiger partial charge in [-0.15, -0.1) is 0 Å². The van der Waals surface area contributed by atoms with E-state index in [9.17, 15) is 14.4 Å². The van der Waals surface area contributed by atoms with Gasteiger partial charge in [-0.3, -0.25) is 14.4 Å². The molecule has 0 bridgehead atoms. The molecule has 2 N–H and O–H groups in total. The Morgan fingerprint density at radius 1 is 1.23 bits per heavy atom. The van der Waals surface area contributed by atoms with Crippen molar-refractivity contribution in [1.29, 1.82) is 0 Å². The maximum absolute atomic E-state index is 10.2. The van der Waals surface area contributed by atoms with Crippen LogP contribution in [0.3, 0.4) is 0 Å². The van der Waals surface area contributed by atoms with Crippen molar-refractivity contribution in [2.45, 2.75) is 0 Å². The number of hydrogen-bond donors (Lipinski definition) is 2. The number of hydrogen-bond acceptors (Lipinski definition) is 4. The van der Waals surface area contributed by atoms with E-state index >= 15 is 0 Å². The Balaban J connectivity index is 3.93. The van der Waals surface area contributed by atoms with Crippen LogP contribution in [0.4, 0.5) is 0 Å². The van der Waals surface area contributed by atoms with Gasteiger partial charge in [-0.25, -0.2) is 0 Å². The lowest BCUT2D eigenvalue weighted by molar-refractivity contribution is -0.134. The third-order valence-electron chi connectivity index (χ3n) is 1.04. The van der Waals surface area contributed by atoms with Gasteiger partial charge in [0.2, 0.25) is 0 Å². The summed E-state index contributed by atoms with van der Waals surface area (Å²) < 4.78 is 4.32. The lowest BCUT2D eigenvalue weighted by Gasteiger charge is -2.10. The third-order valence-corrected chi connectivity index (χ3v) is 2.99. The molecule has 0 aromatic carbocycles. The summed E-state index contributed by atoms with van der Waals surface area (Å²) in [6, 6.07) is 0. The first-order valence-corrected chi connectivity index (χ1v) is 5.17. The van der Waals surface area contributed by atoms with Gasteiger partial charge in [0, 0.05) is 0 Å². The number of rotatable bonds is 7.